The molecule has 1 unspecified atom stereocenters. The predicted molar refractivity (Wildman–Crippen MR) is 76.4 cm³/mol. The average Bonchev–Trinajstić information content (AvgIpc) is 2.78. The highest BCUT2D eigenvalue weighted by molar-refractivity contribution is 5.53. The van der Waals surface area contributed by atoms with Crippen LogP contribution in [-0.2, 0) is 6.54 Å². The Hall–Kier alpha value is -1.09. The molecule has 0 bridgehead atoms. The van der Waals surface area contributed by atoms with Crippen molar-refractivity contribution in [2.24, 2.45) is 5.92 Å². The molecule has 0 saturated carbocycles. The van der Waals surface area contributed by atoms with Gasteiger partial charge in [-0.1, -0.05) is 13.3 Å². The van der Waals surface area contributed by atoms with Crippen LogP contribution in [-0.4, -0.2) is 23.0 Å². The molecule has 18 heavy (non-hydrogen) atoms. The molecule has 2 rings (SSSR count). The van der Waals surface area contributed by atoms with E-state index in [2.05, 4.69) is 23.7 Å². The predicted octanol–water partition coefficient (Wildman–Crippen LogP) is 2.90. The molecule has 0 aliphatic carbocycles. The molecule has 3 nitrogen and oxygen atoms in total. The molecule has 1 saturated heterocycles. The van der Waals surface area contributed by atoms with Crippen molar-refractivity contribution in [3.05, 3.63) is 23.0 Å². The zero-order chi connectivity index (χ0) is 13.1. The van der Waals surface area contributed by atoms with Crippen molar-refractivity contribution in [3.63, 3.8) is 0 Å². The van der Waals surface area contributed by atoms with Gasteiger partial charge in [0, 0.05) is 25.0 Å². The van der Waals surface area contributed by atoms with E-state index in [4.69, 9.17) is 5.73 Å². The largest absolute Gasteiger partial charge is 0.398 e. The third-order valence-corrected chi connectivity index (χ3v) is 4.12. The van der Waals surface area contributed by atoms with Gasteiger partial charge in [0.1, 0.15) is 0 Å². The maximum Gasteiger partial charge on any atom is 0.0593 e. The number of hydrogen-bond donors (Lipinski definition) is 1. The fraction of sp³-hybridized carbons (Fsp3) is 0.667. The van der Waals surface area contributed by atoms with Crippen LogP contribution in [0.4, 0.5) is 5.69 Å². The van der Waals surface area contributed by atoms with Gasteiger partial charge in [-0.2, -0.15) is 0 Å². The summed E-state index contributed by atoms with van der Waals surface area (Å²) in [5, 5.41) is 0. The van der Waals surface area contributed by atoms with Crippen LogP contribution in [0.15, 0.2) is 6.20 Å². The van der Waals surface area contributed by atoms with E-state index in [0.29, 0.717) is 0 Å². The van der Waals surface area contributed by atoms with E-state index >= 15 is 0 Å². The van der Waals surface area contributed by atoms with Gasteiger partial charge in [0.05, 0.1) is 5.69 Å². The van der Waals surface area contributed by atoms with Gasteiger partial charge in [-0.25, -0.2) is 0 Å². The number of nitrogens with two attached hydrogens (primary N) is 1. The third kappa shape index (κ3) is 2.83. The van der Waals surface area contributed by atoms with Crippen molar-refractivity contribution in [2.45, 2.75) is 46.6 Å². The van der Waals surface area contributed by atoms with Gasteiger partial charge in [-0.15, -0.1) is 0 Å². The van der Waals surface area contributed by atoms with Crippen LogP contribution in [0.5, 0.6) is 0 Å². The monoisotopic (exact) mass is 247 g/mol. The Morgan fingerprint density at radius 3 is 2.94 bits per heavy atom. The van der Waals surface area contributed by atoms with Crippen LogP contribution in [0.25, 0.3) is 0 Å². The normalized spacial score (nSPS) is 20.5. The first kappa shape index (κ1) is 13.3. The van der Waals surface area contributed by atoms with Crippen LogP contribution < -0.4 is 5.73 Å². The van der Waals surface area contributed by atoms with E-state index in [1.807, 2.05) is 13.1 Å². The standard InChI is InChI=1S/C15H25N3/c1-4-5-13-6-7-18(9-13)10-14-12(3)15(16)11(2)8-17-14/h8,13H,4-7,9-10H2,1-3H3,(H2,16,17). The molecule has 2 N–H and O–H groups in total. The lowest BCUT2D eigenvalue weighted by atomic mass is 10.0. The summed E-state index contributed by atoms with van der Waals surface area (Å²) < 4.78 is 0. The quantitative estimate of drug-likeness (QED) is 0.889. The maximum absolute atomic E-state index is 6.07. The highest BCUT2D eigenvalue weighted by Crippen LogP contribution is 2.24. The number of likely N-dealkylation sites (tertiary alicyclic amines) is 1. The number of hydrogen-bond acceptors (Lipinski definition) is 3. The average molecular weight is 247 g/mol. The number of aryl methyl sites for hydroxylation is 1. The molecule has 0 spiro atoms. The lowest BCUT2D eigenvalue weighted by Crippen LogP contribution is -2.21. The van der Waals surface area contributed by atoms with Crippen molar-refractivity contribution < 1.29 is 0 Å². The number of nitrogens with zero attached hydrogens (tertiary/aromatic N) is 2. The Morgan fingerprint density at radius 1 is 1.44 bits per heavy atom. The number of rotatable bonds is 4. The second-order valence-corrected chi connectivity index (χ2v) is 5.61. The first-order valence-corrected chi connectivity index (χ1v) is 7.04. The fourth-order valence-corrected chi connectivity index (χ4v) is 2.86. The zero-order valence-electron chi connectivity index (χ0n) is 11.9. The minimum Gasteiger partial charge on any atom is -0.398 e. The number of anilines is 1. The van der Waals surface area contributed by atoms with E-state index < -0.39 is 0 Å². The van der Waals surface area contributed by atoms with E-state index in [1.54, 1.807) is 0 Å². The van der Waals surface area contributed by atoms with Crippen molar-refractivity contribution in [2.75, 3.05) is 18.8 Å². The van der Waals surface area contributed by atoms with Crippen molar-refractivity contribution >= 4 is 5.69 Å². The van der Waals surface area contributed by atoms with Gasteiger partial charge in [-0.3, -0.25) is 9.88 Å². The molecule has 3 heteroatoms. The summed E-state index contributed by atoms with van der Waals surface area (Å²) in [7, 11) is 0. The molecule has 2 heterocycles. The van der Waals surface area contributed by atoms with E-state index in [-0.39, 0.29) is 0 Å². The molecule has 1 atom stereocenters. The van der Waals surface area contributed by atoms with Gasteiger partial charge in [0.15, 0.2) is 0 Å². The highest BCUT2D eigenvalue weighted by atomic mass is 15.1. The SMILES string of the molecule is CCCC1CCN(Cc2ncc(C)c(N)c2C)C1. The van der Waals surface area contributed by atoms with Crippen molar-refractivity contribution in [1.82, 2.24) is 9.88 Å². The van der Waals surface area contributed by atoms with Crippen LogP contribution in [0, 0.1) is 19.8 Å². The second-order valence-electron chi connectivity index (χ2n) is 5.61. The van der Waals surface area contributed by atoms with Crippen LogP contribution >= 0.6 is 0 Å². The lowest BCUT2D eigenvalue weighted by molar-refractivity contribution is 0.308. The van der Waals surface area contributed by atoms with Gasteiger partial charge < -0.3 is 5.73 Å². The summed E-state index contributed by atoms with van der Waals surface area (Å²) in [6, 6.07) is 0. The summed E-state index contributed by atoms with van der Waals surface area (Å²) in [5.41, 5.74) is 10.4. The molecular formula is C15H25N3. The number of aromatic nitrogens is 1. The summed E-state index contributed by atoms with van der Waals surface area (Å²) in [4.78, 5) is 7.07. The van der Waals surface area contributed by atoms with Crippen LogP contribution in [0.3, 0.4) is 0 Å². The first-order chi connectivity index (χ1) is 8.61. The summed E-state index contributed by atoms with van der Waals surface area (Å²) in [6.45, 7) is 9.77. The summed E-state index contributed by atoms with van der Waals surface area (Å²) in [6.07, 6.45) is 5.90. The number of nitrogen functional groups attached to an aromatic ring is 1. The zero-order valence-corrected chi connectivity index (χ0v) is 11.9. The third-order valence-electron chi connectivity index (χ3n) is 4.12. The fourth-order valence-electron chi connectivity index (χ4n) is 2.86. The Labute approximate surface area is 110 Å². The molecule has 1 aromatic rings. The Kier molecular flexibility index (Phi) is 4.23. The molecule has 1 aliphatic heterocycles. The van der Waals surface area contributed by atoms with Gasteiger partial charge in [-0.05, 0) is 50.3 Å². The van der Waals surface area contributed by atoms with Gasteiger partial charge in [0.2, 0.25) is 0 Å². The van der Waals surface area contributed by atoms with Crippen molar-refractivity contribution in [3.8, 4) is 0 Å². The Bertz CT molecular complexity index is 414. The molecule has 1 aliphatic rings. The second kappa shape index (κ2) is 5.70. The van der Waals surface area contributed by atoms with E-state index in [9.17, 15) is 0 Å². The molecule has 0 amide bonds. The summed E-state index contributed by atoms with van der Waals surface area (Å²) in [5.74, 6) is 0.887. The maximum atomic E-state index is 6.07. The highest BCUT2D eigenvalue weighted by Gasteiger charge is 2.22. The van der Waals surface area contributed by atoms with Crippen molar-refractivity contribution in [1.29, 1.82) is 0 Å². The number of pyridine rings is 1. The lowest BCUT2D eigenvalue weighted by Gasteiger charge is -2.18. The molecular weight excluding hydrogens is 222 g/mol. The van der Waals surface area contributed by atoms with Crippen LogP contribution in [0.2, 0.25) is 0 Å². The van der Waals surface area contributed by atoms with E-state index in [1.165, 1.54) is 32.4 Å². The van der Waals surface area contributed by atoms with Crippen LogP contribution in [0.1, 0.15) is 43.0 Å². The Morgan fingerprint density at radius 2 is 2.22 bits per heavy atom. The van der Waals surface area contributed by atoms with E-state index in [0.717, 1.165) is 35.0 Å². The molecule has 0 aromatic carbocycles. The first-order valence-electron chi connectivity index (χ1n) is 7.04. The molecule has 1 aromatic heterocycles. The Balaban J connectivity index is 2.01. The topological polar surface area (TPSA) is 42.2 Å². The summed E-state index contributed by atoms with van der Waals surface area (Å²) >= 11 is 0. The smallest absolute Gasteiger partial charge is 0.0593 e. The minimum atomic E-state index is 0.887. The van der Waals surface area contributed by atoms with Gasteiger partial charge >= 0.3 is 0 Å². The van der Waals surface area contributed by atoms with Gasteiger partial charge in [0.25, 0.3) is 0 Å². The molecule has 1 fully saturated rings. The molecule has 100 valence electrons. The minimum absolute atomic E-state index is 0.887. The molecule has 0 radical (unpaired) electrons.